The van der Waals surface area contributed by atoms with E-state index in [0.717, 1.165) is 81.5 Å². The summed E-state index contributed by atoms with van der Waals surface area (Å²) in [7, 11) is 0. The van der Waals surface area contributed by atoms with Crippen LogP contribution in [0.5, 0.6) is 0 Å². The van der Waals surface area contributed by atoms with Crippen LogP contribution in [0, 0.1) is 11.3 Å². The summed E-state index contributed by atoms with van der Waals surface area (Å²) < 4.78 is 11.1. The van der Waals surface area contributed by atoms with Crippen molar-refractivity contribution in [3.05, 3.63) is 29.4 Å². The van der Waals surface area contributed by atoms with E-state index in [1.54, 1.807) is 6.20 Å². The van der Waals surface area contributed by atoms with E-state index in [4.69, 9.17) is 21.1 Å². The van der Waals surface area contributed by atoms with Gasteiger partial charge in [0.1, 0.15) is 5.82 Å². The zero-order valence-electron chi connectivity index (χ0n) is 20.8. The van der Waals surface area contributed by atoms with E-state index in [1.807, 2.05) is 12.1 Å². The maximum Gasteiger partial charge on any atom is 0.229 e. The van der Waals surface area contributed by atoms with Crippen molar-refractivity contribution >= 4 is 39.8 Å². The van der Waals surface area contributed by atoms with Crippen LogP contribution >= 0.6 is 11.6 Å². The first kappa shape index (κ1) is 24.4. The van der Waals surface area contributed by atoms with Crippen LogP contribution < -0.4 is 10.2 Å². The fraction of sp³-hybridized carbons (Fsp3) is 0.630. The van der Waals surface area contributed by atoms with E-state index < -0.39 is 6.10 Å². The summed E-state index contributed by atoms with van der Waals surface area (Å²) in [6.07, 6.45) is 5.08. The van der Waals surface area contributed by atoms with Gasteiger partial charge in [0.25, 0.3) is 0 Å². The van der Waals surface area contributed by atoms with Crippen molar-refractivity contribution in [2.45, 2.75) is 44.2 Å². The maximum absolute atomic E-state index is 12.9. The lowest BCUT2D eigenvalue weighted by atomic mass is 9.89. The number of fused-ring (bicyclic) bond motifs is 1. The summed E-state index contributed by atoms with van der Waals surface area (Å²) in [5.74, 6) is 0.711. The summed E-state index contributed by atoms with van der Waals surface area (Å²) in [6, 6.07) is 6.00. The predicted molar refractivity (Wildman–Crippen MR) is 140 cm³/mol. The lowest BCUT2D eigenvalue weighted by Gasteiger charge is -2.47. The molecule has 2 aromatic rings. The Morgan fingerprint density at radius 1 is 1.17 bits per heavy atom. The number of benzene rings is 1. The Balaban J connectivity index is 1.16. The van der Waals surface area contributed by atoms with Gasteiger partial charge in [-0.1, -0.05) is 18.5 Å². The smallest absolute Gasteiger partial charge is 0.229 e. The molecule has 4 aliphatic rings. The molecule has 194 valence electrons. The second-order valence-corrected chi connectivity index (χ2v) is 11.3. The summed E-state index contributed by atoms with van der Waals surface area (Å²) >= 11 is 6.71. The standard InChI is InChI=1S/C27H35ClN4O4/c1-2-27(17-36-16-23(27)33)32-7-5-31(6-8-32)22-12-18-13-24(29-15-19(18)11-21(22)28)30-25(34)20-14-26(20)3-9-35-10-4-26/h11-13,15,20,23,33H,2-10,14,16-17H2,1H3,(H,29,30,34)/t20-,23+,27-/m0/s1. The average Bonchev–Trinajstić information content (AvgIpc) is 3.45. The van der Waals surface area contributed by atoms with Crippen LogP contribution in [0.1, 0.15) is 32.6 Å². The molecule has 1 spiro atoms. The first-order chi connectivity index (χ1) is 17.4. The van der Waals surface area contributed by atoms with Crippen LogP contribution in [0.2, 0.25) is 5.02 Å². The summed E-state index contributed by atoms with van der Waals surface area (Å²) in [5.41, 5.74) is 0.839. The second kappa shape index (κ2) is 9.40. The minimum Gasteiger partial charge on any atom is -0.389 e. The molecule has 0 radical (unpaired) electrons. The van der Waals surface area contributed by atoms with Crippen LogP contribution in [0.15, 0.2) is 24.4 Å². The fourth-order valence-corrected chi connectivity index (χ4v) is 6.87. The zero-order chi connectivity index (χ0) is 24.9. The highest BCUT2D eigenvalue weighted by molar-refractivity contribution is 6.34. The van der Waals surface area contributed by atoms with Crippen molar-refractivity contribution in [1.29, 1.82) is 0 Å². The van der Waals surface area contributed by atoms with Gasteiger partial charge in [0.05, 0.1) is 35.6 Å². The molecular weight excluding hydrogens is 480 g/mol. The van der Waals surface area contributed by atoms with Gasteiger partial charge < -0.3 is 24.8 Å². The normalized spacial score (nSPS) is 30.1. The van der Waals surface area contributed by atoms with Gasteiger partial charge in [-0.2, -0.15) is 0 Å². The van der Waals surface area contributed by atoms with Crippen LogP contribution in [0.3, 0.4) is 0 Å². The molecule has 1 aromatic heterocycles. The van der Waals surface area contributed by atoms with Gasteiger partial charge in [0.2, 0.25) is 5.91 Å². The molecule has 3 aliphatic heterocycles. The van der Waals surface area contributed by atoms with Crippen molar-refractivity contribution in [3.8, 4) is 0 Å². The molecule has 4 fully saturated rings. The van der Waals surface area contributed by atoms with E-state index in [9.17, 15) is 9.90 Å². The number of piperazine rings is 1. The number of anilines is 2. The fourth-order valence-electron chi connectivity index (χ4n) is 6.58. The first-order valence-electron chi connectivity index (χ1n) is 13.2. The van der Waals surface area contributed by atoms with Crippen molar-refractivity contribution in [1.82, 2.24) is 9.88 Å². The van der Waals surface area contributed by atoms with E-state index in [1.165, 1.54) is 0 Å². The number of carbonyl (C=O) groups is 1. The molecule has 1 amide bonds. The topological polar surface area (TPSA) is 87.2 Å². The Morgan fingerprint density at radius 2 is 1.94 bits per heavy atom. The lowest BCUT2D eigenvalue weighted by molar-refractivity contribution is -0.118. The van der Waals surface area contributed by atoms with E-state index in [-0.39, 0.29) is 22.8 Å². The number of carbonyl (C=O) groups excluding carboxylic acids is 1. The second-order valence-electron chi connectivity index (χ2n) is 10.9. The number of ether oxygens (including phenoxy) is 2. The molecule has 1 aromatic carbocycles. The van der Waals surface area contributed by atoms with Gasteiger partial charge in [-0.05, 0) is 54.7 Å². The van der Waals surface area contributed by atoms with Crippen molar-refractivity contribution in [2.75, 3.05) is 62.8 Å². The van der Waals surface area contributed by atoms with Gasteiger partial charge >= 0.3 is 0 Å². The molecule has 3 saturated heterocycles. The van der Waals surface area contributed by atoms with E-state index in [0.29, 0.717) is 24.1 Å². The molecular formula is C27H35ClN4O4. The average molecular weight is 515 g/mol. The number of rotatable bonds is 5. The summed E-state index contributed by atoms with van der Waals surface area (Å²) in [4.78, 5) is 22.1. The number of aliphatic hydroxyl groups excluding tert-OH is 1. The lowest BCUT2D eigenvalue weighted by Crippen LogP contribution is -2.62. The number of aromatic nitrogens is 1. The van der Waals surface area contributed by atoms with E-state index in [2.05, 4.69) is 33.1 Å². The van der Waals surface area contributed by atoms with Crippen LogP contribution in [-0.4, -0.2) is 85.1 Å². The Bertz CT molecular complexity index is 1150. The zero-order valence-corrected chi connectivity index (χ0v) is 21.6. The number of pyridine rings is 1. The highest BCUT2D eigenvalue weighted by Crippen LogP contribution is 2.59. The largest absolute Gasteiger partial charge is 0.389 e. The highest BCUT2D eigenvalue weighted by Gasteiger charge is 2.58. The molecule has 6 rings (SSSR count). The SMILES string of the molecule is CC[C@]1(N2CCN(c3cc4cc(NC(=O)[C@@H]5CC56CCOCC6)ncc4cc3Cl)CC2)COC[C@H]1O. The molecule has 0 unspecified atom stereocenters. The van der Waals surface area contributed by atoms with Gasteiger partial charge in [-0.15, -0.1) is 0 Å². The Labute approximate surface area is 216 Å². The van der Waals surface area contributed by atoms with Crippen LogP contribution in [0.25, 0.3) is 10.8 Å². The molecule has 9 heteroatoms. The molecule has 1 saturated carbocycles. The Kier molecular flexibility index (Phi) is 6.37. The highest BCUT2D eigenvalue weighted by atomic mass is 35.5. The third-order valence-corrected chi connectivity index (χ3v) is 9.45. The number of nitrogens with one attached hydrogen (secondary N) is 1. The monoisotopic (exact) mass is 514 g/mol. The van der Waals surface area contributed by atoms with Crippen molar-refractivity contribution in [3.63, 3.8) is 0 Å². The minimum absolute atomic E-state index is 0.0613. The number of amides is 1. The van der Waals surface area contributed by atoms with Gasteiger partial charge in [-0.3, -0.25) is 9.69 Å². The molecule has 2 N–H and O–H groups in total. The first-order valence-corrected chi connectivity index (χ1v) is 13.6. The van der Waals surface area contributed by atoms with Crippen molar-refractivity contribution in [2.24, 2.45) is 11.3 Å². The van der Waals surface area contributed by atoms with Crippen LogP contribution in [0.4, 0.5) is 11.5 Å². The quantitative estimate of drug-likeness (QED) is 0.633. The van der Waals surface area contributed by atoms with Crippen molar-refractivity contribution < 1.29 is 19.4 Å². The molecule has 4 heterocycles. The number of aliphatic hydroxyl groups is 1. The van der Waals surface area contributed by atoms with Gasteiger partial charge in [0.15, 0.2) is 0 Å². The van der Waals surface area contributed by atoms with Gasteiger partial charge in [0, 0.05) is 56.9 Å². The third-order valence-electron chi connectivity index (χ3n) is 9.14. The minimum atomic E-state index is -0.448. The summed E-state index contributed by atoms with van der Waals surface area (Å²) in [6.45, 7) is 7.95. The number of halogens is 1. The molecule has 3 atom stereocenters. The third kappa shape index (κ3) is 4.17. The van der Waals surface area contributed by atoms with Crippen LogP contribution in [-0.2, 0) is 14.3 Å². The number of nitrogens with zero attached hydrogens (tertiary/aromatic N) is 3. The number of hydrogen-bond donors (Lipinski definition) is 2. The maximum atomic E-state index is 12.9. The Morgan fingerprint density at radius 3 is 2.64 bits per heavy atom. The summed E-state index contributed by atoms with van der Waals surface area (Å²) in [5, 5.41) is 16.3. The molecule has 8 nitrogen and oxygen atoms in total. The predicted octanol–water partition coefficient (Wildman–Crippen LogP) is 3.31. The number of hydrogen-bond acceptors (Lipinski definition) is 7. The van der Waals surface area contributed by atoms with E-state index >= 15 is 0 Å². The molecule has 1 aliphatic carbocycles. The molecule has 0 bridgehead atoms. The Hall–Kier alpha value is -1.97. The molecule has 36 heavy (non-hydrogen) atoms. The van der Waals surface area contributed by atoms with Gasteiger partial charge in [-0.25, -0.2) is 4.98 Å².